The lowest BCUT2D eigenvalue weighted by atomic mass is 10.3. The fourth-order valence-corrected chi connectivity index (χ4v) is 1.22. The Morgan fingerprint density at radius 3 is 2.77 bits per heavy atom. The molecular formula is C8H12N2O2S. The van der Waals surface area contributed by atoms with E-state index in [9.17, 15) is 4.21 Å². The van der Waals surface area contributed by atoms with E-state index in [0.29, 0.717) is 0 Å². The summed E-state index contributed by atoms with van der Waals surface area (Å²) in [5, 5.41) is 5.81. The lowest BCUT2D eigenvalue weighted by molar-refractivity contribution is 0.566. The number of rotatable bonds is 4. The summed E-state index contributed by atoms with van der Waals surface area (Å²) in [6.45, 7) is 0. The molecule has 0 bridgehead atoms. The maximum Gasteiger partial charge on any atom is 0.172 e. The van der Waals surface area contributed by atoms with Gasteiger partial charge in [-0.1, -0.05) is 6.07 Å². The van der Waals surface area contributed by atoms with Crippen LogP contribution in [0, 0.1) is 0 Å². The number of nitrogens with one attached hydrogen (secondary N) is 2. The summed E-state index contributed by atoms with van der Waals surface area (Å²) >= 11 is -1.81. The van der Waals surface area contributed by atoms with Gasteiger partial charge in [0, 0.05) is 18.4 Å². The Morgan fingerprint density at radius 2 is 2.15 bits per heavy atom. The average molecular weight is 200 g/mol. The minimum Gasteiger partial charge on any atom is -0.388 e. The highest BCUT2D eigenvalue weighted by atomic mass is 32.2. The van der Waals surface area contributed by atoms with E-state index in [0.717, 1.165) is 11.4 Å². The molecule has 1 aromatic rings. The van der Waals surface area contributed by atoms with Crippen LogP contribution < -0.4 is 10.6 Å². The minimum atomic E-state index is -1.81. The van der Waals surface area contributed by atoms with E-state index >= 15 is 0 Å². The predicted octanol–water partition coefficient (Wildman–Crippen LogP) is 1.32. The van der Waals surface area contributed by atoms with Gasteiger partial charge >= 0.3 is 0 Å². The van der Waals surface area contributed by atoms with Gasteiger partial charge in [-0.05, 0) is 18.2 Å². The van der Waals surface area contributed by atoms with Gasteiger partial charge in [-0.3, -0.25) is 0 Å². The molecule has 1 aromatic carbocycles. The van der Waals surface area contributed by atoms with Gasteiger partial charge in [0.15, 0.2) is 11.1 Å². The van der Waals surface area contributed by atoms with Crippen LogP contribution in [0.15, 0.2) is 24.3 Å². The van der Waals surface area contributed by atoms with E-state index in [4.69, 9.17) is 4.55 Å². The summed E-state index contributed by atoms with van der Waals surface area (Å²) in [5.41, 5.74) is 1.79. The second-order valence-corrected chi connectivity index (χ2v) is 3.41. The van der Waals surface area contributed by atoms with E-state index in [1.54, 1.807) is 0 Å². The molecule has 5 heteroatoms. The van der Waals surface area contributed by atoms with E-state index in [-0.39, 0.29) is 5.88 Å². The molecular weight excluding hydrogens is 188 g/mol. The van der Waals surface area contributed by atoms with Crippen molar-refractivity contribution >= 4 is 22.5 Å². The normalized spacial score (nSPS) is 12.2. The predicted molar refractivity (Wildman–Crippen MR) is 55.2 cm³/mol. The maximum atomic E-state index is 10.4. The van der Waals surface area contributed by atoms with E-state index in [2.05, 4.69) is 10.6 Å². The first-order valence-electron chi connectivity index (χ1n) is 3.81. The van der Waals surface area contributed by atoms with Crippen molar-refractivity contribution < 1.29 is 8.76 Å². The van der Waals surface area contributed by atoms with Gasteiger partial charge < -0.3 is 15.2 Å². The van der Waals surface area contributed by atoms with E-state index < -0.39 is 11.1 Å². The standard InChI is InChI=1S/C8H12N2O2S/c1-9-7-3-2-4-8(5-7)10-6-13(11)12/h2-5,9-10H,6H2,1H3,(H,11,12). The zero-order valence-corrected chi connectivity index (χ0v) is 8.10. The first-order valence-corrected chi connectivity index (χ1v) is 5.09. The van der Waals surface area contributed by atoms with E-state index in [1.807, 2.05) is 31.3 Å². The number of hydrogen-bond acceptors (Lipinski definition) is 3. The lowest BCUT2D eigenvalue weighted by Gasteiger charge is -2.05. The Kier molecular flexibility index (Phi) is 3.72. The molecule has 0 saturated carbocycles. The van der Waals surface area contributed by atoms with Gasteiger partial charge in [-0.25, -0.2) is 4.21 Å². The number of hydrogen-bond donors (Lipinski definition) is 3. The van der Waals surface area contributed by atoms with Gasteiger partial charge in [0.05, 0.1) is 0 Å². The molecule has 0 spiro atoms. The molecule has 0 aliphatic carbocycles. The maximum absolute atomic E-state index is 10.4. The van der Waals surface area contributed by atoms with Crippen LogP contribution in [0.2, 0.25) is 0 Å². The highest BCUT2D eigenvalue weighted by Gasteiger charge is 1.95. The quantitative estimate of drug-likeness (QED) is 0.641. The monoisotopic (exact) mass is 200 g/mol. The van der Waals surface area contributed by atoms with Crippen molar-refractivity contribution in [1.82, 2.24) is 0 Å². The average Bonchev–Trinajstić information content (AvgIpc) is 2.15. The molecule has 1 atom stereocenters. The molecule has 1 rings (SSSR count). The van der Waals surface area contributed by atoms with Crippen LogP contribution in [-0.4, -0.2) is 21.7 Å². The second-order valence-electron chi connectivity index (χ2n) is 2.47. The molecule has 0 radical (unpaired) electrons. The number of anilines is 2. The van der Waals surface area contributed by atoms with Crippen molar-refractivity contribution in [2.24, 2.45) is 0 Å². The van der Waals surface area contributed by atoms with Crippen LogP contribution in [0.4, 0.5) is 11.4 Å². The van der Waals surface area contributed by atoms with Crippen LogP contribution in [0.1, 0.15) is 0 Å². The van der Waals surface area contributed by atoms with E-state index in [1.165, 1.54) is 0 Å². The molecule has 72 valence electrons. The molecule has 0 fully saturated rings. The zero-order valence-electron chi connectivity index (χ0n) is 7.28. The van der Waals surface area contributed by atoms with Gasteiger partial charge in [-0.2, -0.15) is 0 Å². The molecule has 13 heavy (non-hydrogen) atoms. The van der Waals surface area contributed by atoms with Gasteiger partial charge in [0.1, 0.15) is 5.88 Å². The molecule has 4 nitrogen and oxygen atoms in total. The van der Waals surface area contributed by atoms with Crippen molar-refractivity contribution in [2.45, 2.75) is 0 Å². The van der Waals surface area contributed by atoms with Gasteiger partial charge in [0.25, 0.3) is 0 Å². The zero-order chi connectivity index (χ0) is 9.68. The summed E-state index contributed by atoms with van der Waals surface area (Å²) in [6.07, 6.45) is 0. The number of benzene rings is 1. The van der Waals surface area contributed by atoms with Crippen molar-refractivity contribution in [3.8, 4) is 0 Å². The molecule has 0 aromatic heterocycles. The highest BCUT2D eigenvalue weighted by molar-refractivity contribution is 7.79. The second kappa shape index (κ2) is 4.84. The van der Waals surface area contributed by atoms with Crippen LogP contribution >= 0.6 is 0 Å². The minimum absolute atomic E-state index is 0.0488. The fourth-order valence-electron chi connectivity index (χ4n) is 0.930. The third-order valence-electron chi connectivity index (χ3n) is 1.55. The topological polar surface area (TPSA) is 61.4 Å². The molecule has 3 N–H and O–H groups in total. The van der Waals surface area contributed by atoms with Crippen molar-refractivity contribution in [1.29, 1.82) is 0 Å². The summed E-state index contributed by atoms with van der Waals surface area (Å²) in [6, 6.07) is 7.50. The first-order chi connectivity index (χ1) is 6.22. The molecule has 0 amide bonds. The first kappa shape index (κ1) is 10.0. The molecule has 0 aliphatic heterocycles. The Balaban J connectivity index is 2.61. The van der Waals surface area contributed by atoms with Gasteiger partial charge in [-0.15, -0.1) is 0 Å². The lowest BCUT2D eigenvalue weighted by Crippen LogP contribution is -2.06. The Morgan fingerprint density at radius 1 is 1.46 bits per heavy atom. The summed E-state index contributed by atoms with van der Waals surface area (Å²) in [5.74, 6) is 0.0488. The molecule has 0 saturated heterocycles. The van der Waals surface area contributed by atoms with Crippen molar-refractivity contribution in [3.05, 3.63) is 24.3 Å². The van der Waals surface area contributed by atoms with Crippen LogP contribution in [0.3, 0.4) is 0 Å². The Hall–Kier alpha value is -1.07. The third-order valence-corrected chi connectivity index (χ3v) is 1.94. The van der Waals surface area contributed by atoms with Crippen molar-refractivity contribution in [3.63, 3.8) is 0 Å². The molecule has 0 aliphatic rings. The smallest absolute Gasteiger partial charge is 0.172 e. The SMILES string of the molecule is CNc1cccc(NCS(=O)O)c1. The third kappa shape index (κ3) is 3.43. The molecule has 0 heterocycles. The van der Waals surface area contributed by atoms with Crippen molar-refractivity contribution in [2.75, 3.05) is 23.6 Å². The summed E-state index contributed by atoms with van der Waals surface area (Å²) < 4.78 is 18.9. The largest absolute Gasteiger partial charge is 0.388 e. The van der Waals surface area contributed by atoms with Crippen LogP contribution in [-0.2, 0) is 11.1 Å². The molecule has 1 unspecified atom stereocenters. The van der Waals surface area contributed by atoms with Gasteiger partial charge in [0.2, 0.25) is 0 Å². The Labute approximate surface area is 79.6 Å². The fraction of sp³-hybridized carbons (Fsp3) is 0.250. The highest BCUT2D eigenvalue weighted by Crippen LogP contribution is 2.13. The van der Waals surface area contributed by atoms with Crippen LogP contribution in [0.25, 0.3) is 0 Å². The van der Waals surface area contributed by atoms with Crippen LogP contribution in [0.5, 0.6) is 0 Å². The Bertz CT molecular complexity index is 304. The summed E-state index contributed by atoms with van der Waals surface area (Å²) in [4.78, 5) is 0. The summed E-state index contributed by atoms with van der Waals surface area (Å²) in [7, 11) is 1.82.